The number of carbonyl (C=O) groups is 1. The van der Waals surface area contributed by atoms with Gasteiger partial charge in [-0.25, -0.2) is 0 Å². The highest BCUT2D eigenvalue weighted by molar-refractivity contribution is 7.99. The minimum Gasteiger partial charge on any atom is -0.411 e. The molecule has 0 aliphatic heterocycles. The van der Waals surface area contributed by atoms with Crippen LogP contribution in [0.5, 0.6) is 0 Å². The van der Waals surface area contributed by atoms with Crippen LogP contribution in [0.2, 0.25) is 5.02 Å². The van der Waals surface area contributed by atoms with E-state index in [-0.39, 0.29) is 11.7 Å². The van der Waals surface area contributed by atoms with Crippen molar-refractivity contribution in [3.8, 4) is 11.5 Å². The Morgan fingerprint density at radius 2 is 1.85 bits per heavy atom. The van der Waals surface area contributed by atoms with Crippen LogP contribution in [0.25, 0.3) is 11.5 Å². The fourth-order valence-electron chi connectivity index (χ4n) is 2.43. The monoisotopic (exact) mass is 401 g/mol. The average Bonchev–Trinajstić information content (AvgIpc) is 3.16. The molecule has 0 bridgehead atoms. The maximum atomic E-state index is 12.1. The molecule has 0 aliphatic carbocycles. The van der Waals surface area contributed by atoms with Gasteiger partial charge < -0.3 is 9.73 Å². The summed E-state index contributed by atoms with van der Waals surface area (Å²) in [6.45, 7) is 4.35. The van der Waals surface area contributed by atoms with Crippen molar-refractivity contribution in [1.29, 1.82) is 0 Å². The highest BCUT2D eigenvalue weighted by Gasteiger charge is 2.12. The molecule has 1 N–H and O–H groups in total. The van der Waals surface area contributed by atoms with Gasteiger partial charge in [0.2, 0.25) is 11.8 Å². The standard InChI is InChI=1S/C20H20ClN3O2S/c1-3-13(2)14-6-10-17(11-7-14)22-18(25)12-27-20-24-23-19(26-20)15-4-8-16(21)9-5-15/h4-11,13H,3,12H2,1-2H3,(H,22,25)/t13-/m0/s1. The number of nitrogens with one attached hydrogen (secondary N) is 1. The van der Waals surface area contributed by atoms with Crippen molar-refractivity contribution in [2.45, 2.75) is 31.4 Å². The summed E-state index contributed by atoms with van der Waals surface area (Å²) in [4.78, 5) is 12.1. The van der Waals surface area contributed by atoms with E-state index >= 15 is 0 Å². The molecule has 7 heteroatoms. The van der Waals surface area contributed by atoms with Gasteiger partial charge in [-0.05, 0) is 54.3 Å². The highest BCUT2D eigenvalue weighted by atomic mass is 35.5. The predicted octanol–water partition coefficient (Wildman–Crippen LogP) is 5.63. The van der Waals surface area contributed by atoms with Crippen molar-refractivity contribution in [3.63, 3.8) is 0 Å². The smallest absolute Gasteiger partial charge is 0.277 e. The molecular weight excluding hydrogens is 382 g/mol. The minimum absolute atomic E-state index is 0.123. The van der Waals surface area contributed by atoms with Gasteiger partial charge in [0, 0.05) is 16.3 Å². The van der Waals surface area contributed by atoms with E-state index in [1.54, 1.807) is 24.3 Å². The third-order valence-electron chi connectivity index (χ3n) is 4.20. The molecule has 0 radical (unpaired) electrons. The average molecular weight is 402 g/mol. The Hall–Kier alpha value is -2.31. The van der Waals surface area contributed by atoms with Gasteiger partial charge in [-0.1, -0.05) is 49.3 Å². The summed E-state index contributed by atoms with van der Waals surface area (Å²) in [5.41, 5.74) is 2.83. The lowest BCUT2D eigenvalue weighted by molar-refractivity contribution is -0.113. The molecule has 3 aromatic rings. The zero-order valence-electron chi connectivity index (χ0n) is 15.1. The summed E-state index contributed by atoms with van der Waals surface area (Å²) >= 11 is 7.07. The van der Waals surface area contributed by atoms with Gasteiger partial charge in [0.1, 0.15) is 0 Å². The Balaban J connectivity index is 1.53. The Morgan fingerprint density at radius 3 is 2.52 bits per heavy atom. The number of aromatic nitrogens is 2. The molecule has 1 aromatic heterocycles. The summed E-state index contributed by atoms with van der Waals surface area (Å²) in [7, 11) is 0. The first-order valence-corrected chi connectivity index (χ1v) is 10.0. The number of anilines is 1. The van der Waals surface area contributed by atoms with Crippen molar-refractivity contribution >= 4 is 35.0 Å². The normalized spacial score (nSPS) is 12.0. The van der Waals surface area contributed by atoms with Crippen LogP contribution in [0.1, 0.15) is 31.7 Å². The number of nitrogens with zero attached hydrogens (tertiary/aromatic N) is 2. The third kappa shape index (κ3) is 5.34. The van der Waals surface area contributed by atoms with Gasteiger partial charge in [0.05, 0.1) is 5.75 Å². The molecule has 0 spiro atoms. The molecule has 1 atom stereocenters. The molecule has 0 saturated heterocycles. The Morgan fingerprint density at radius 1 is 1.15 bits per heavy atom. The van der Waals surface area contributed by atoms with E-state index in [9.17, 15) is 4.79 Å². The van der Waals surface area contributed by atoms with Gasteiger partial charge in [0.25, 0.3) is 5.22 Å². The lowest BCUT2D eigenvalue weighted by Crippen LogP contribution is -2.14. The third-order valence-corrected chi connectivity index (χ3v) is 5.27. The van der Waals surface area contributed by atoms with Gasteiger partial charge in [-0.3, -0.25) is 4.79 Å². The van der Waals surface area contributed by atoms with Crippen LogP contribution in [0.4, 0.5) is 5.69 Å². The van der Waals surface area contributed by atoms with Crippen molar-refractivity contribution in [2.24, 2.45) is 0 Å². The minimum atomic E-state index is -0.123. The van der Waals surface area contributed by atoms with Gasteiger partial charge >= 0.3 is 0 Å². The number of hydrogen-bond donors (Lipinski definition) is 1. The lowest BCUT2D eigenvalue weighted by atomic mass is 9.99. The summed E-state index contributed by atoms with van der Waals surface area (Å²) in [6, 6.07) is 15.1. The van der Waals surface area contributed by atoms with E-state index in [0.717, 1.165) is 17.7 Å². The maximum absolute atomic E-state index is 12.1. The molecule has 27 heavy (non-hydrogen) atoms. The molecule has 3 rings (SSSR count). The van der Waals surface area contributed by atoms with Gasteiger partial charge in [-0.2, -0.15) is 0 Å². The van der Waals surface area contributed by atoms with Crippen LogP contribution in [-0.2, 0) is 4.79 Å². The van der Waals surface area contributed by atoms with Crippen LogP contribution >= 0.6 is 23.4 Å². The van der Waals surface area contributed by atoms with E-state index in [1.807, 2.05) is 24.3 Å². The van der Waals surface area contributed by atoms with E-state index < -0.39 is 0 Å². The lowest BCUT2D eigenvalue weighted by Gasteiger charge is -2.10. The highest BCUT2D eigenvalue weighted by Crippen LogP contribution is 2.25. The number of carbonyl (C=O) groups excluding carboxylic acids is 1. The molecule has 5 nitrogen and oxygen atoms in total. The Kier molecular flexibility index (Phi) is 6.53. The second kappa shape index (κ2) is 9.06. The van der Waals surface area contributed by atoms with Gasteiger partial charge in [0.15, 0.2) is 0 Å². The fourth-order valence-corrected chi connectivity index (χ4v) is 3.12. The maximum Gasteiger partial charge on any atom is 0.277 e. The molecule has 1 amide bonds. The fraction of sp³-hybridized carbons (Fsp3) is 0.250. The summed E-state index contributed by atoms with van der Waals surface area (Å²) in [5.74, 6) is 0.977. The van der Waals surface area contributed by atoms with E-state index in [0.29, 0.717) is 22.1 Å². The number of hydrogen-bond acceptors (Lipinski definition) is 5. The number of thioether (sulfide) groups is 1. The SMILES string of the molecule is CC[C@H](C)c1ccc(NC(=O)CSc2nnc(-c3ccc(Cl)cc3)o2)cc1. The molecular formula is C20H20ClN3O2S. The molecule has 1 heterocycles. The van der Waals surface area contributed by atoms with Crippen molar-refractivity contribution in [1.82, 2.24) is 10.2 Å². The van der Waals surface area contributed by atoms with Crippen LogP contribution in [0.3, 0.4) is 0 Å². The van der Waals surface area contributed by atoms with E-state index in [1.165, 1.54) is 17.3 Å². The first-order chi connectivity index (χ1) is 13.0. The topological polar surface area (TPSA) is 68.0 Å². The quantitative estimate of drug-likeness (QED) is 0.519. The van der Waals surface area contributed by atoms with Crippen LogP contribution in [-0.4, -0.2) is 21.9 Å². The summed E-state index contributed by atoms with van der Waals surface area (Å²) in [6.07, 6.45) is 1.09. The van der Waals surface area contributed by atoms with Crippen LogP contribution in [0, 0.1) is 0 Å². The second-order valence-corrected chi connectivity index (χ2v) is 7.51. The van der Waals surface area contributed by atoms with Gasteiger partial charge in [-0.15, -0.1) is 10.2 Å². The first kappa shape index (κ1) is 19.5. The largest absolute Gasteiger partial charge is 0.411 e. The first-order valence-electron chi connectivity index (χ1n) is 8.67. The van der Waals surface area contributed by atoms with Crippen molar-refractivity contribution < 1.29 is 9.21 Å². The van der Waals surface area contributed by atoms with Crippen molar-refractivity contribution in [2.75, 3.05) is 11.1 Å². The van der Waals surface area contributed by atoms with Crippen molar-refractivity contribution in [3.05, 3.63) is 59.1 Å². The molecule has 0 unspecified atom stereocenters. The Bertz CT molecular complexity index is 894. The zero-order chi connectivity index (χ0) is 19.2. The number of amides is 1. The number of halogens is 1. The molecule has 0 aliphatic rings. The molecule has 0 fully saturated rings. The number of benzene rings is 2. The summed E-state index contributed by atoms with van der Waals surface area (Å²) < 4.78 is 5.58. The van der Waals surface area contributed by atoms with Crippen LogP contribution in [0.15, 0.2) is 58.2 Å². The van der Waals surface area contributed by atoms with E-state index in [4.69, 9.17) is 16.0 Å². The number of rotatable bonds is 7. The predicted molar refractivity (Wildman–Crippen MR) is 109 cm³/mol. The van der Waals surface area contributed by atoms with Crippen LogP contribution < -0.4 is 5.32 Å². The zero-order valence-corrected chi connectivity index (χ0v) is 16.7. The van der Waals surface area contributed by atoms with E-state index in [2.05, 4.69) is 29.4 Å². The Labute approximate surface area is 167 Å². The molecule has 2 aromatic carbocycles. The molecule has 0 saturated carbocycles. The summed E-state index contributed by atoms with van der Waals surface area (Å²) in [5, 5.41) is 11.8. The molecule has 140 valence electrons. The second-order valence-electron chi connectivity index (χ2n) is 6.15.